The summed E-state index contributed by atoms with van der Waals surface area (Å²) in [5.41, 5.74) is 1.89. The summed E-state index contributed by atoms with van der Waals surface area (Å²) in [6, 6.07) is 7.63. The first kappa shape index (κ1) is 13.1. The maximum atomic E-state index is 12.7. The molecule has 0 saturated carbocycles. The van der Waals surface area contributed by atoms with Gasteiger partial charge in [-0.15, -0.1) is 0 Å². The van der Waals surface area contributed by atoms with E-state index in [4.69, 9.17) is 4.42 Å². The van der Waals surface area contributed by atoms with Gasteiger partial charge in [-0.1, -0.05) is 12.1 Å². The molecule has 4 nitrogen and oxygen atoms in total. The smallest absolute Gasteiger partial charge is 0.315 e. The topological polar surface area (TPSA) is 54.3 Å². The van der Waals surface area contributed by atoms with Gasteiger partial charge < -0.3 is 15.1 Å². The zero-order chi connectivity index (χ0) is 13.5. The third-order valence-corrected chi connectivity index (χ3v) is 2.65. The van der Waals surface area contributed by atoms with Gasteiger partial charge in [0.15, 0.2) is 0 Å². The summed E-state index contributed by atoms with van der Waals surface area (Å²) >= 11 is 0. The molecule has 0 spiro atoms. The van der Waals surface area contributed by atoms with Gasteiger partial charge in [0.25, 0.3) is 0 Å². The Bertz CT molecular complexity index is 509. The predicted octanol–water partition coefficient (Wildman–Crippen LogP) is 2.46. The van der Waals surface area contributed by atoms with E-state index in [1.54, 1.807) is 24.7 Å². The minimum Gasteiger partial charge on any atom is -0.472 e. The average molecular weight is 262 g/mol. The van der Waals surface area contributed by atoms with Crippen LogP contribution < -0.4 is 10.6 Å². The quantitative estimate of drug-likeness (QED) is 0.869. The lowest BCUT2D eigenvalue weighted by molar-refractivity contribution is 0.240. The number of urea groups is 1. The van der Waals surface area contributed by atoms with Crippen LogP contribution in [0.1, 0.15) is 11.1 Å². The number of rotatable bonds is 5. The number of nitrogens with one attached hydrogen (secondary N) is 2. The molecule has 19 heavy (non-hydrogen) atoms. The second kappa shape index (κ2) is 6.58. The Kier molecular flexibility index (Phi) is 4.55. The highest BCUT2D eigenvalue weighted by Crippen LogP contribution is 2.02. The van der Waals surface area contributed by atoms with E-state index in [0.717, 1.165) is 17.5 Å². The van der Waals surface area contributed by atoms with Crippen molar-refractivity contribution in [1.82, 2.24) is 10.6 Å². The van der Waals surface area contributed by atoms with Gasteiger partial charge in [0.2, 0.25) is 0 Å². The third-order valence-electron chi connectivity index (χ3n) is 2.65. The minimum atomic E-state index is -0.284. The number of benzene rings is 1. The van der Waals surface area contributed by atoms with Gasteiger partial charge in [-0.05, 0) is 35.7 Å². The SMILES string of the molecule is O=C(NCCc1ccoc1)NCc1ccc(F)cc1. The highest BCUT2D eigenvalue weighted by atomic mass is 19.1. The van der Waals surface area contributed by atoms with Gasteiger partial charge in [-0.3, -0.25) is 0 Å². The fourth-order valence-corrected chi connectivity index (χ4v) is 1.60. The molecule has 2 rings (SSSR count). The standard InChI is InChI=1S/C14H15FN2O2/c15-13-3-1-11(2-4-13)9-17-14(18)16-7-5-12-6-8-19-10-12/h1-4,6,8,10H,5,7,9H2,(H2,16,17,18). The molecule has 5 heteroatoms. The largest absolute Gasteiger partial charge is 0.472 e. The van der Waals surface area contributed by atoms with Crippen LogP contribution in [-0.2, 0) is 13.0 Å². The molecule has 0 radical (unpaired) electrons. The fraction of sp³-hybridized carbons (Fsp3) is 0.214. The van der Waals surface area contributed by atoms with E-state index in [1.165, 1.54) is 12.1 Å². The van der Waals surface area contributed by atoms with Crippen LogP contribution in [-0.4, -0.2) is 12.6 Å². The van der Waals surface area contributed by atoms with Crippen LogP contribution in [0.15, 0.2) is 47.3 Å². The van der Waals surface area contributed by atoms with Crippen molar-refractivity contribution in [3.8, 4) is 0 Å². The third kappa shape index (κ3) is 4.46. The van der Waals surface area contributed by atoms with E-state index in [-0.39, 0.29) is 11.8 Å². The lowest BCUT2D eigenvalue weighted by atomic mass is 10.2. The van der Waals surface area contributed by atoms with Crippen molar-refractivity contribution < 1.29 is 13.6 Å². The van der Waals surface area contributed by atoms with Crippen molar-refractivity contribution in [2.24, 2.45) is 0 Å². The first-order chi connectivity index (χ1) is 9.24. The second-order valence-electron chi connectivity index (χ2n) is 4.12. The number of hydrogen-bond acceptors (Lipinski definition) is 2. The first-order valence-corrected chi connectivity index (χ1v) is 6.01. The maximum absolute atomic E-state index is 12.7. The summed E-state index contributed by atoms with van der Waals surface area (Å²) < 4.78 is 17.6. The molecule has 2 amide bonds. The van der Waals surface area contributed by atoms with Crippen LogP contribution in [0.2, 0.25) is 0 Å². The Labute approximate surface area is 110 Å². The molecule has 0 saturated heterocycles. The number of amides is 2. The molecule has 0 atom stereocenters. The summed E-state index contributed by atoms with van der Waals surface area (Å²) in [7, 11) is 0. The van der Waals surface area contributed by atoms with E-state index in [2.05, 4.69) is 10.6 Å². The van der Waals surface area contributed by atoms with Crippen molar-refractivity contribution >= 4 is 6.03 Å². The van der Waals surface area contributed by atoms with Gasteiger partial charge in [0.1, 0.15) is 5.82 Å². The summed E-state index contributed by atoms with van der Waals surface area (Å²) in [5.74, 6) is -0.284. The normalized spacial score (nSPS) is 10.2. The van der Waals surface area contributed by atoms with E-state index >= 15 is 0 Å². The Morgan fingerprint density at radius 1 is 1.11 bits per heavy atom. The van der Waals surface area contributed by atoms with Crippen molar-refractivity contribution in [2.45, 2.75) is 13.0 Å². The van der Waals surface area contributed by atoms with Gasteiger partial charge in [-0.25, -0.2) is 9.18 Å². The van der Waals surface area contributed by atoms with E-state index in [1.807, 2.05) is 6.07 Å². The lowest BCUT2D eigenvalue weighted by Gasteiger charge is -2.07. The van der Waals surface area contributed by atoms with Gasteiger partial charge in [0.05, 0.1) is 12.5 Å². The molecule has 0 fully saturated rings. The molecule has 0 aliphatic carbocycles. The summed E-state index contributed by atoms with van der Waals surface area (Å²) in [5, 5.41) is 5.44. The molecular formula is C14H15FN2O2. The monoisotopic (exact) mass is 262 g/mol. The van der Waals surface area contributed by atoms with Crippen molar-refractivity contribution in [3.05, 3.63) is 59.8 Å². The summed E-state index contributed by atoms with van der Waals surface area (Å²) in [4.78, 5) is 11.5. The van der Waals surface area contributed by atoms with Gasteiger partial charge in [0, 0.05) is 13.1 Å². The molecule has 2 N–H and O–H groups in total. The Hall–Kier alpha value is -2.30. The fourth-order valence-electron chi connectivity index (χ4n) is 1.60. The number of halogens is 1. The predicted molar refractivity (Wildman–Crippen MR) is 69.1 cm³/mol. The Morgan fingerprint density at radius 2 is 1.89 bits per heavy atom. The molecule has 1 aromatic carbocycles. The molecule has 1 heterocycles. The van der Waals surface area contributed by atoms with Gasteiger partial charge in [-0.2, -0.15) is 0 Å². The molecule has 1 aromatic heterocycles. The Balaban J connectivity index is 1.65. The maximum Gasteiger partial charge on any atom is 0.315 e. The molecule has 100 valence electrons. The number of carbonyl (C=O) groups is 1. The number of hydrogen-bond donors (Lipinski definition) is 2. The molecule has 0 aliphatic heterocycles. The molecular weight excluding hydrogens is 247 g/mol. The zero-order valence-electron chi connectivity index (χ0n) is 10.4. The highest BCUT2D eigenvalue weighted by Gasteiger charge is 2.01. The van der Waals surface area contributed by atoms with Crippen LogP contribution >= 0.6 is 0 Å². The average Bonchev–Trinajstić information content (AvgIpc) is 2.91. The first-order valence-electron chi connectivity index (χ1n) is 6.01. The van der Waals surface area contributed by atoms with Crippen LogP contribution in [0.4, 0.5) is 9.18 Å². The second-order valence-corrected chi connectivity index (χ2v) is 4.12. The number of furan rings is 1. The van der Waals surface area contributed by atoms with E-state index < -0.39 is 0 Å². The molecule has 0 bridgehead atoms. The molecule has 0 unspecified atom stereocenters. The van der Waals surface area contributed by atoms with E-state index in [0.29, 0.717) is 13.1 Å². The zero-order valence-corrected chi connectivity index (χ0v) is 10.4. The molecule has 2 aromatic rings. The van der Waals surface area contributed by atoms with Crippen LogP contribution in [0.3, 0.4) is 0 Å². The van der Waals surface area contributed by atoms with Crippen molar-refractivity contribution in [2.75, 3.05) is 6.54 Å². The van der Waals surface area contributed by atoms with Crippen LogP contribution in [0, 0.1) is 5.82 Å². The summed E-state index contributed by atoms with van der Waals surface area (Å²) in [6.45, 7) is 0.909. The van der Waals surface area contributed by atoms with Crippen LogP contribution in [0.25, 0.3) is 0 Å². The van der Waals surface area contributed by atoms with Crippen molar-refractivity contribution in [1.29, 1.82) is 0 Å². The highest BCUT2D eigenvalue weighted by molar-refractivity contribution is 5.73. The Morgan fingerprint density at radius 3 is 2.58 bits per heavy atom. The molecule has 0 aliphatic rings. The van der Waals surface area contributed by atoms with E-state index in [9.17, 15) is 9.18 Å². The van der Waals surface area contributed by atoms with Crippen molar-refractivity contribution in [3.63, 3.8) is 0 Å². The summed E-state index contributed by atoms with van der Waals surface area (Å²) in [6.07, 6.45) is 3.97. The number of carbonyl (C=O) groups excluding carboxylic acids is 1. The lowest BCUT2D eigenvalue weighted by Crippen LogP contribution is -2.36. The van der Waals surface area contributed by atoms with Crippen LogP contribution in [0.5, 0.6) is 0 Å². The minimum absolute atomic E-state index is 0.243. The van der Waals surface area contributed by atoms with Gasteiger partial charge >= 0.3 is 6.03 Å².